The van der Waals surface area contributed by atoms with Crippen molar-refractivity contribution in [2.45, 2.75) is 6.23 Å². The number of aliphatic hydroxyl groups excluding tert-OH is 1. The van der Waals surface area contributed by atoms with Gasteiger partial charge in [0.2, 0.25) is 0 Å². The van der Waals surface area contributed by atoms with Crippen LogP contribution in [0.4, 0.5) is 5.69 Å². The molecular formula is C7H9N2O2. The van der Waals surface area contributed by atoms with E-state index in [2.05, 4.69) is 6.92 Å². The van der Waals surface area contributed by atoms with Gasteiger partial charge in [0.15, 0.2) is 0 Å². The standard InChI is InChI=1S/C7H9N2O2/c1-5(10)9-4-2-3-6(8)7(9)11/h2-5,10H,1,8H2. The highest BCUT2D eigenvalue weighted by atomic mass is 16.3. The summed E-state index contributed by atoms with van der Waals surface area (Å²) in [6.07, 6.45) is 0.349. The summed E-state index contributed by atoms with van der Waals surface area (Å²) in [5.41, 5.74) is 4.97. The number of aliphatic hydroxyl groups is 1. The first kappa shape index (κ1) is 7.81. The van der Waals surface area contributed by atoms with Gasteiger partial charge in [0.25, 0.3) is 5.56 Å². The average Bonchev–Trinajstić information content (AvgIpc) is 1.94. The topological polar surface area (TPSA) is 68.2 Å². The van der Waals surface area contributed by atoms with Crippen molar-refractivity contribution < 1.29 is 5.11 Å². The van der Waals surface area contributed by atoms with E-state index in [0.29, 0.717) is 0 Å². The van der Waals surface area contributed by atoms with E-state index in [4.69, 9.17) is 10.8 Å². The number of hydrogen-bond donors (Lipinski definition) is 2. The smallest absolute Gasteiger partial charge is 0.275 e. The fourth-order valence-electron chi connectivity index (χ4n) is 0.762. The number of nitrogens with zero attached hydrogens (tertiary/aromatic N) is 1. The lowest BCUT2D eigenvalue weighted by atomic mass is 10.4. The van der Waals surface area contributed by atoms with Crippen LogP contribution in [-0.2, 0) is 0 Å². The lowest BCUT2D eigenvalue weighted by Gasteiger charge is -2.07. The van der Waals surface area contributed by atoms with Crippen molar-refractivity contribution in [3.05, 3.63) is 35.6 Å². The van der Waals surface area contributed by atoms with E-state index in [9.17, 15) is 4.79 Å². The minimum absolute atomic E-state index is 0.107. The Bertz CT molecular complexity index is 304. The normalized spacial score (nSPS) is 12.9. The molecule has 4 nitrogen and oxygen atoms in total. The molecule has 1 atom stereocenters. The van der Waals surface area contributed by atoms with E-state index in [0.717, 1.165) is 4.57 Å². The predicted molar refractivity (Wildman–Crippen MR) is 41.7 cm³/mol. The third kappa shape index (κ3) is 1.40. The summed E-state index contributed by atoms with van der Waals surface area (Å²) in [5, 5.41) is 8.93. The molecule has 1 heterocycles. The lowest BCUT2D eigenvalue weighted by Crippen LogP contribution is -2.24. The molecule has 0 amide bonds. The second-order valence-corrected chi connectivity index (χ2v) is 2.16. The molecule has 0 bridgehead atoms. The minimum Gasteiger partial charge on any atom is -0.394 e. The Balaban J connectivity index is 3.28. The highest BCUT2D eigenvalue weighted by Gasteiger charge is 2.02. The monoisotopic (exact) mass is 153 g/mol. The summed E-state index contributed by atoms with van der Waals surface area (Å²) in [6, 6.07) is 3.05. The van der Waals surface area contributed by atoms with E-state index in [1.54, 1.807) is 6.07 Å². The Morgan fingerprint density at radius 3 is 2.82 bits per heavy atom. The molecule has 0 aliphatic carbocycles. The number of aromatic nitrogens is 1. The van der Waals surface area contributed by atoms with Crippen LogP contribution in [0.1, 0.15) is 6.23 Å². The maximum atomic E-state index is 11.0. The van der Waals surface area contributed by atoms with E-state index < -0.39 is 11.8 Å². The molecule has 0 saturated carbocycles. The molecule has 4 heteroatoms. The average molecular weight is 153 g/mol. The second-order valence-electron chi connectivity index (χ2n) is 2.16. The van der Waals surface area contributed by atoms with Gasteiger partial charge in [0.1, 0.15) is 6.23 Å². The quantitative estimate of drug-likeness (QED) is 0.584. The highest BCUT2D eigenvalue weighted by Crippen LogP contribution is 1.97. The zero-order valence-electron chi connectivity index (χ0n) is 5.90. The first-order chi connectivity index (χ1) is 5.13. The van der Waals surface area contributed by atoms with Gasteiger partial charge in [0, 0.05) is 6.20 Å². The fourth-order valence-corrected chi connectivity index (χ4v) is 0.762. The van der Waals surface area contributed by atoms with Gasteiger partial charge in [-0.1, -0.05) is 0 Å². The molecule has 11 heavy (non-hydrogen) atoms. The second kappa shape index (κ2) is 2.75. The van der Waals surface area contributed by atoms with Gasteiger partial charge in [-0.05, 0) is 19.1 Å². The molecule has 1 aromatic heterocycles. The summed E-state index contributed by atoms with van der Waals surface area (Å²) < 4.78 is 1.05. The molecule has 1 unspecified atom stereocenters. The van der Waals surface area contributed by atoms with Crippen LogP contribution in [0.15, 0.2) is 23.1 Å². The van der Waals surface area contributed by atoms with Crippen molar-refractivity contribution in [2.24, 2.45) is 0 Å². The van der Waals surface area contributed by atoms with E-state index in [1.807, 2.05) is 0 Å². The van der Waals surface area contributed by atoms with Crippen molar-refractivity contribution in [3.8, 4) is 0 Å². The number of nitrogen functional groups attached to an aromatic ring is 1. The van der Waals surface area contributed by atoms with Gasteiger partial charge >= 0.3 is 0 Å². The van der Waals surface area contributed by atoms with Crippen LogP contribution in [0.2, 0.25) is 0 Å². The van der Waals surface area contributed by atoms with Gasteiger partial charge in [-0.15, -0.1) is 0 Å². The molecule has 0 fully saturated rings. The Kier molecular flexibility index (Phi) is 1.96. The van der Waals surface area contributed by atoms with Gasteiger partial charge in [0.05, 0.1) is 5.69 Å². The number of nitrogens with two attached hydrogens (primary N) is 1. The first-order valence-electron chi connectivity index (χ1n) is 3.10. The van der Waals surface area contributed by atoms with Gasteiger partial charge in [-0.3, -0.25) is 9.36 Å². The summed E-state index contributed by atoms with van der Waals surface area (Å²) in [5.74, 6) is 0. The summed E-state index contributed by atoms with van der Waals surface area (Å²) in [6.45, 7) is 3.27. The van der Waals surface area contributed by atoms with Crippen LogP contribution < -0.4 is 11.3 Å². The van der Waals surface area contributed by atoms with E-state index >= 15 is 0 Å². The summed E-state index contributed by atoms with van der Waals surface area (Å²) in [7, 11) is 0. The Hall–Kier alpha value is -1.29. The number of anilines is 1. The van der Waals surface area contributed by atoms with Crippen LogP contribution in [0.25, 0.3) is 0 Å². The Morgan fingerprint density at radius 2 is 2.36 bits per heavy atom. The molecule has 0 aliphatic rings. The molecule has 0 aromatic carbocycles. The largest absolute Gasteiger partial charge is 0.394 e. The fraction of sp³-hybridized carbons (Fsp3) is 0.143. The zero-order chi connectivity index (χ0) is 8.43. The molecule has 0 saturated heterocycles. The van der Waals surface area contributed by atoms with Crippen molar-refractivity contribution >= 4 is 5.69 Å². The van der Waals surface area contributed by atoms with Crippen molar-refractivity contribution in [3.63, 3.8) is 0 Å². The summed E-state index contributed by atoms with van der Waals surface area (Å²) in [4.78, 5) is 11.0. The molecule has 0 aliphatic heterocycles. The number of pyridine rings is 1. The highest BCUT2D eigenvalue weighted by molar-refractivity contribution is 5.33. The van der Waals surface area contributed by atoms with Crippen molar-refractivity contribution in [1.29, 1.82) is 0 Å². The van der Waals surface area contributed by atoms with Gasteiger partial charge < -0.3 is 10.8 Å². The first-order valence-corrected chi connectivity index (χ1v) is 3.10. The maximum absolute atomic E-state index is 11.0. The molecule has 0 spiro atoms. The number of hydrogen-bond acceptors (Lipinski definition) is 3. The lowest BCUT2D eigenvalue weighted by molar-refractivity contribution is 0.148. The van der Waals surface area contributed by atoms with E-state index in [-0.39, 0.29) is 5.69 Å². The van der Waals surface area contributed by atoms with E-state index in [1.165, 1.54) is 12.3 Å². The molecular weight excluding hydrogens is 144 g/mol. The predicted octanol–water partition coefficient (Wildman–Crippen LogP) is -0.245. The third-order valence-corrected chi connectivity index (χ3v) is 1.33. The van der Waals surface area contributed by atoms with Crippen LogP contribution in [0, 0.1) is 6.92 Å². The van der Waals surface area contributed by atoms with Crippen LogP contribution >= 0.6 is 0 Å². The molecule has 3 N–H and O–H groups in total. The van der Waals surface area contributed by atoms with Crippen LogP contribution in [-0.4, -0.2) is 9.67 Å². The van der Waals surface area contributed by atoms with Crippen molar-refractivity contribution in [1.82, 2.24) is 4.57 Å². The Labute approximate surface area is 63.9 Å². The third-order valence-electron chi connectivity index (χ3n) is 1.33. The number of rotatable bonds is 1. The minimum atomic E-state index is -1.08. The maximum Gasteiger partial charge on any atom is 0.275 e. The van der Waals surface area contributed by atoms with Gasteiger partial charge in [-0.25, -0.2) is 0 Å². The SMILES string of the molecule is [CH2]C(O)n1cccc(N)c1=O. The van der Waals surface area contributed by atoms with Crippen molar-refractivity contribution in [2.75, 3.05) is 5.73 Å². The van der Waals surface area contributed by atoms with Gasteiger partial charge in [-0.2, -0.15) is 0 Å². The molecule has 1 radical (unpaired) electrons. The van der Waals surface area contributed by atoms with Crippen LogP contribution in [0.3, 0.4) is 0 Å². The van der Waals surface area contributed by atoms with Crippen LogP contribution in [0.5, 0.6) is 0 Å². The zero-order valence-corrected chi connectivity index (χ0v) is 5.90. The molecule has 59 valence electrons. The summed E-state index contributed by atoms with van der Waals surface area (Å²) >= 11 is 0. The molecule has 1 rings (SSSR count). The Morgan fingerprint density at radius 1 is 1.73 bits per heavy atom. The molecule has 1 aromatic rings.